The van der Waals surface area contributed by atoms with Gasteiger partial charge in [0.1, 0.15) is 0 Å². The van der Waals surface area contributed by atoms with Crippen molar-refractivity contribution >= 4 is 5.91 Å². The maximum Gasteiger partial charge on any atom is 0.220 e. The predicted molar refractivity (Wildman–Crippen MR) is 69.4 cm³/mol. The molecule has 1 amide bonds. The van der Waals surface area contributed by atoms with Crippen LogP contribution in [0.3, 0.4) is 0 Å². The van der Waals surface area contributed by atoms with E-state index >= 15 is 0 Å². The minimum atomic E-state index is 0.215. The molecule has 0 heterocycles. The smallest absolute Gasteiger partial charge is 0.220 e. The lowest BCUT2D eigenvalue weighted by atomic mass is 9.84. The third-order valence-electron chi connectivity index (χ3n) is 4.12. The molecule has 0 radical (unpaired) electrons. The van der Waals surface area contributed by atoms with Crippen molar-refractivity contribution < 1.29 is 4.79 Å². The Hall–Kier alpha value is -0.830. The third-order valence-corrected chi connectivity index (χ3v) is 4.12. The zero-order chi connectivity index (χ0) is 12.1. The van der Waals surface area contributed by atoms with Crippen LogP contribution in [-0.2, 0) is 4.79 Å². The van der Waals surface area contributed by atoms with Gasteiger partial charge in [0.15, 0.2) is 0 Å². The largest absolute Gasteiger partial charge is 0.353 e. The Morgan fingerprint density at radius 3 is 2.82 bits per heavy atom. The zero-order valence-corrected chi connectivity index (χ0v) is 10.5. The normalized spacial score (nSPS) is 32.6. The molecule has 96 valence electrons. The molecule has 1 fully saturated rings. The summed E-state index contributed by atoms with van der Waals surface area (Å²) >= 11 is 0. The van der Waals surface area contributed by atoms with Crippen molar-refractivity contribution in [2.75, 3.05) is 6.54 Å². The molecule has 0 aliphatic heterocycles. The van der Waals surface area contributed by atoms with Gasteiger partial charge in [-0.15, -0.1) is 0 Å². The van der Waals surface area contributed by atoms with Crippen molar-refractivity contribution in [2.24, 2.45) is 17.6 Å². The second kappa shape index (κ2) is 6.20. The maximum absolute atomic E-state index is 11.9. The number of rotatable bonds is 4. The van der Waals surface area contributed by atoms with Crippen molar-refractivity contribution in [3.8, 4) is 0 Å². The Morgan fingerprint density at radius 1 is 1.29 bits per heavy atom. The molecule has 3 N–H and O–H groups in total. The fraction of sp³-hybridized carbons (Fsp3) is 0.786. The van der Waals surface area contributed by atoms with Gasteiger partial charge in [0.05, 0.1) is 0 Å². The van der Waals surface area contributed by atoms with Crippen LogP contribution in [0.1, 0.15) is 44.9 Å². The second-order valence-corrected chi connectivity index (χ2v) is 5.42. The number of hydrogen-bond donors (Lipinski definition) is 2. The number of nitrogens with one attached hydrogen (secondary N) is 1. The van der Waals surface area contributed by atoms with Gasteiger partial charge >= 0.3 is 0 Å². The predicted octanol–water partition coefficient (Wildman–Crippen LogP) is 1.98. The second-order valence-electron chi connectivity index (χ2n) is 5.42. The number of carbonyl (C=O) groups excluding carboxylic acids is 1. The summed E-state index contributed by atoms with van der Waals surface area (Å²) in [5.74, 6) is 1.17. The molecule has 0 aromatic heterocycles. The van der Waals surface area contributed by atoms with E-state index in [0.717, 1.165) is 19.3 Å². The zero-order valence-electron chi connectivity index (χ0n) is 10.5. The first-order valence-corrected chi connectivity index (χ1v) is 6.95. The quantitative estimate of drug-likeness (QED) is 0.733. The maximum atomic E-state index is 11.9. The van der Waals surface area contributed by atoms with E-state index in [9.17, 15) is 4.79 Å². The summed E-state index contributed by atoms with van der Waals surface area (Å²) < 4.78 is 0. The molecule has 0 saturated heterocycles. The minimum absolute atomic E-state index is 0.215. The number of allylic oxidation sites excluding steroid dienone is 2. The van der Waals surface area contributed by atoms with Crippen LogP contribution in [0.5, 0.6) is 0 Å². The van der Waals surface area contributed by atoms with E-state index < -0.39 is 0 Å². The molecule has 2 aliphatic rings. The number of carbonyl (C=O) groups is 1. The average molecular weight is 236 g/mol. The van der Waals surface area contributed by atoms with Crippen LogP contribution in [0.25, 0.3) is 0 Å². The summed E-state index contributed by atoms with van der Waals surface area (Å²) in [5.41, 5.74) is 5.77. The lowest BCUT2D eigenvalue weighted by molar-refractivity contribution is -0.123. The van der Waals surface area contributed by atoms with Gasteiger partial charge in [-0.3, -0.25) is 4.79 Å². The lowest BCUT2D eigenvalue weighted by Gasteiger charge is -2.31. The Kier molecular flexibility index (Phi) is 4.60. The van der Waals surface area contributed by atoms with Crippen LogP contribution in [0.15, 0.2) is 12.2 Å². The topological polar surface area (TPSA) is 55.1 Å². The molecule has 2 aliphatic carbocycles. The van der Waals surface area contributed by atoms with E-state index in [1.54, 1.807) is 0 Å². The summed E-state index contributed by atoms with van der Waals surface area (Å²) in [6, 6.07) is 0.326. The van der Waals surface area contributed by atoms with Crippen molar-refractivity contribution in [1.82, 2.24) is 5.32 Å². The average Bonchev–Trinajstić information content (AvgIpc) is 2.82. The van der Waals surface area contributed by atoms with Gasteiger partial charge in [0.25, 0.3) is 0 Å². The molecule has 0 aromatic rings. The third kappa shape index (κ3) is 3.56. The highest BCUT2D eigenvalue weighted by molar-refractivity contribution is 5.76. The van der Waals surface area contributed by atoms with Gasteiger partial charge in [0.2, 0.25) is 5.91 Å². The van der Waals surface area contributed by atoms with E-state index in [1.807, 2.05) is 0 Å². The Balaban J connectivity index is 1.78. The van der Waals surface area contributed by atoms with Crippen LogP contribution in [0, 0.1) is 11.8 Å². The van der Waals surface area contributed by atoms with Gasteiger partial charge in [-0.1, -0.05) is 25.0 Å². The highest BCUT2D eigenvalue weighted by Gasteiger charge is 2.25. The van der Waals surface area contributed by atoms with Gasteiger partial charge in [-0.2, -0.15) is 0 Å². The van der Waals surface area contributed by atoms with Gasteiger partial charge in [0, 0.05) is 12.5 Å². The SMILES string of the molecule is NCC1CCCCC1NC(=O)CC1C=CCC1. The van der Waals surface area contributed by atoms with Crippen LogP contribution >= 0.6 is 0 Å². The number of hydrogen-bond acceptors (Lipinski definition) is 2. The van der Waals surface area contributed by atoms with Crippen LogP contribution in [0.2, 0.25) is 0 Å². The molecule has 2 rings (SSSR count). The van der Waals surface area contributed by atoms with Crippen LogP contribution in [0.4, 0.5) is 0 Å². The van der Waals surface area contributed by atoms with Crippen molar-refractivity contribution in [1.29, 1.82) is 0 Å². The molecule has 3 heteroatoms. The number of nitrogens with two attached hydrogens (primary N) is 1. The fourth-order valence-electron chi connectivity index (χ4n) is 3.05. The minimum Gasteiger partial charge on any atom is -0.353 e. The van der Waals surface area contributed by atoms with E-state index in [1.165, 1.54) is 19.3 Å². The summed E-state index contributed by atoms with van der Waals surface area (Å²) in [6.45, 7) is 0.703. The molecular formula is C14H24N2O. The fourth-order valence-corrected chi connectivity index (χ4v) is 3.05. The van der Waals surface area contributed by atoms with E-state index in [-0.39, 0.29) is 5.91 Å². The lowest BCUT2D eigenvalue weighted by Crippen LogP contribution is -2.45. The summed E-state index contributed by atoms with van der Waals surface area (Å²) in [4.78, 5) is 11.9. The van der Waals surface area contributed by atoms with Crippen LogP contribution < -0.4 is 11.1 Å². The molecular weight excluding hydrogens is 212 g/mol. The first-order valence-electron chi connectivity index (χ1n) is 6.95. The monoisotopic (exact) mass is 236 g/mol. The molecule has 1 saturated carbocycles. The Labute approximate surface area is 104 Å². The molecule has 3 unspecified atom stereocenters. The van der Waals surface area contributed by atoms with Gasteiger partial charge in [-0.25, -0.2) is 0 Å². The highest BCUT2D eigenvalue weighted by atomic mass is 16.1. The van der Waals surface area contributed by atoms with Crippen molar-refractivity contribution in [2.45, 2.75) is 51.0 Å². The van der Waals surface area contributed by atoms with Gasteiger partial charge < -0.3 is 11.1 Å². The molecule has 0 spiro atoms. The van der Waals surface area contributed by atoms with E-state index in [0.29, 0.717) is 30.8 Å². The Morgan fingerprint density at radius 2 is 2.12 bits per heavy atom. The molecule has 0 aromatic carbocycles. The molecule has 3 atom stereocenters. The molecule has 17 heavy (non-hydrogen) atoms. The van der Waals surface area contributed by atoms with Crippen molar-refractivity contribution in [3.05, 3.63) is 12.2 Å². The molecule has 3 nitrogen and oxygen atoms in total. The molecule has 0 bridgehead atoms. The van der Waals surface area contributed by atoms with E-state index in [2.05, 4.69) is 17.5 Å². The summed E-state index contributed by atoms with van der Waals surface area (Å²) in [5, 5.41) is 3.19. The van der Waals surface area contributed by atoms with Crippen LogP contribution in [-0.4, -0.2) is 18.5 Å². The van der Waals surface area contributed by atoms with Crippen molar-refractivity contribution in [3.63, 3.8) is 0 Å². The first kappa shape index (κ1) is 12.6. The summed E-state index contributed by atoms with van der Waals surface area (Å²) in [6.07, 6.45) is 12.1. The van der Waals surface area contributed by atoms with E-state index in [4.69, 9.17) is 5.73 Å². The standard InChI is InChI=1S/C14H24N2O/c15-10-12-7-3-4-8-13(12)16-14(17)9-11-5-1-2-6-11/h1,5,11-13H,2-4,6-10,15H2,(H,16,17). The van der Waals surface area contributed by atoms with Gasteiger partial charge in [-0.05, 0) is 44.1 Å². The summed E-state index contributed by atoms with van der Waals surface area (Å²) in [7, 11) is 0. The highest BCUT2D eigenvalue weighted by Crippen LogP contribution is 2.24. The first-order chi connectivity index (χ1) is 8.29. The Bertz CT molecular complexity index is 288. The number of amides is 1.